The number of carbonyl (C=O) groups is 2. The molecule has 0 aromatic carbocycles. The summed E-state index contributed by atoms with van der Waals surface area (Å²) in [6.45, 7) is 2.86. The van der Waals surface area contributed by atoms with Crippen LogP contribution in [0.25, 0.3) is 0 Å². The summed E-state index contributed by atoms with van der Waals surface area (Å²) in [5, 5.41) is 43.8. The van der Waals surface area contributed by atoms with Crippen LogP contribution in [0.1, 0.15) is 52.4 Å². The second kappa shape index (κ2) is 6.43. The minimum absolute atomic E-state index is 0.0835. The quantitative estimate of drug-likeness (QED) is 0.469. The van der Waals surface area contributed by atoms with Gasteiger partial charge in [-0.05, 0) is 56.9 Å². The zero-order chi connectivity index (χ0) is 21.4. The highest BCUT2D eigenvalue weighted by molar-refractivity contribution is 5.92. The predicted molar refractivity (Wildman–Crippen MR) is 101 cm³/mol. The first-order chi connectivity index (χ1) is 13.5. The smallest absolute Gasteiger partial charge is 0.229 e. The number of hydrogen-bond donors (Lipinski definition) is 3. The number of nitro groups is 1. The van der Waals surface area contributed by atoms with E-state index in [2.05, 4.69) is 0 Å². The Balaban J connectivity index is 1.79. The van der Waals surface area contributed by atoms with Gasteiger partial charge in [0.25, 0.3) is 0 Å². The van der Waals surface area contributed by atoms with Crippen molar-refractivity contribution in [3.8, 4) is 0 Å². The fraction of sp³-hybridized carbons (Fsp3) is 0.810. The molecule has 0 heterocycles. The lowest BCUT2D eigenvalue weighted by Crippen LogP contribution is -2.64. The van der Waals surface area contributed by atoms with Gasteiger partial charge in [0.05, 0.1) is 17.9 Å². The van der Waals surface area contributed by atoms with Crippen LogP contribution in [-0.2, 0) is 9.59 Å². The molecule has 0 aliphatic heterocycles. The van der Waals surface area contributed by atoms with Crippen molar-refractivity contribution in [2.75, 3.05) is 6.61 Å². The third-order valence-electron chi connectivity index (χ3n) is 9.02. The minimum atomic E-state index is -1.69. The number of rotatable bonds is 3. The molecule has 0 spiro atoms. The lowest BCUT2D eigenvalue weighted by atomic mass is 9.44. The molecular weight excluding hydrogens is 378 g/mol. The second-order valence-electron chi connectivity index (χ2n) is 9.93. The summed E-state index contributed by atoms with van der Waals surface area (Å²) in [5.74, 6) is -1.45. The maximum atomic E-state index is 12.4. The summed E-state index contributed by atoms with van der Waals surface area (Å²) in [6, 6.07) is -1.08. The highest BCUT2D eigenvalue weighted by atomic mass is 16.6. The van der Waals surface area contributed by atoms with E-state index in [1.165, 1.54) is 6.08 Å². The summed E-state index contributed by atoms with van der Waals surface area (Å²) in [4.78, 5) is 36.0. The molecule has 1 unspecified atom stereocenters. The van der Waals surface area contributed by atoms with Crippen LogP contribution in [0.2, 0.25) is 0 Å². The molecule has 4 aliphatic rings. The molecule has 4 aliphatic carbocycles. The number of aliphatic hydroxyl groups is 3. The van der Waals surface area contributed by atoms with Gasteiger partial charge in [-0.25, -0.2) is 0 Å². The van der Waals surface area contributed by atoms with Gasteiger partial charge in [0.1, 0.15) is 12.2 Å². The molecule has 0 aromatic heterocycles. The standard InChI is InChI=1S/C21H29NO7/c1-19-9-15(25)18-13(14(19)5-6-21(19,27)17(26)10-23)4-3-11-7-12(24)8-16(22(28)29)20(11,18)2/h7,13-16,18,23,25,27H,3-6,8-10H2,1-2H3/t13-,14-,15-,16?,18+,19-,20+,21-/m0/s1. The second-order valence-corrected chi connectivity index (χ2v) is 9.93. The van der Waals surface area contributed by atoms with Gasteiger partial charge in [-0.3, -0.25) is 19.7 Å². The summed E-state index contributed by atoms with van der Waals surface area (Å²) < 4.78 is 0. The van der Waals surface area contributed by atoms with Gasteiger partial charge in [-0.1, -0.05) is 12.5 Å². The monoisotopic (exact) mass is 407 g/mol. The highest BCUT2D eigenvalue weighted by Crippen LogP contribution is 2.67. The average Bonchev–Trinajstić information content (AvgIpc) is 2.92. The van der Waals surface area contributed by atoms with Crippen molar-refractivity contribution in [1.82, 2.24) is 0 Å². The SMILES string of the molecule is C[C@]12C[C@H](O)[C@H]3[C@@H](CCC4=CC(=O)CC([N+](=O)[O-])[C@@]43C)[C@@H]1CC[C@]2(O)C(=O)CO. The third-order valence-corrected chi connectivity index (χ3v) is 9.02. The van der Waals surface area contributed by atoms with Gasteiger partial charge < -0.3 is 15.3 Å². The van der Waals surface area contributed by atoms with Crippen LogP contribution in [-0.4, -0.2) is 56.2 Å². The number of nitrogens with zero attached hydrogens (tertiary/aromatic N) is 1. The molecule has 3 fully saturated rings. The van der Waals surface area contributed by atoms with Crippen molar-refractivity contribution in [1.29, 1.82) is 0 Å². The van der Waals surface area contributed by atoms with Gasteiger partial charge in [-0.15, -0.1) is 0 Å². The normalized spacial score (nSPS) is 48.9. The molecule has 8 heteroatoms. The first kappa shape index (κ1) is 20.6. The van der Waals surface area contributed by atoms with Crippen LogP contribution in [0.5, 0.6) is 0 Å². The van der Waals surface area contributed by atoms with Crippen molar-refractivity contribution in [2.24, 2.45) is 28.6 Å². The number of hydrogen-bond acceptors (Lipinski definition) is 7. The molecule has 0 aromatic rings. The molecular formula is C21H29NO7. The summed E-state index contributed by atoms with van der Waals surface area (Å²) in [6.07, 6.45) is 2.56. The van der Waals surface area contributed by atoms with Gasteiger partial charge in [0.15, 0.2) is 11.6 Å². The number of aliphatic hydroxyl groups excluding tert-OH is 2. The van der Waals surface area contributed by atoms with E-state index >= 15 is 0 Å². The largest absolute Gasteiger partial charge is 0.393 e. The maximum absolute atomic E-state index is 12.4. The molecule has 8 nitrogen and oxygen atoms in total. The summed E-state index contributed by atoms with van der Waals surface area (Å²) in [7, 11) is 0. The summed E-state index contributed by atoms with van der Waals surface area (Å²) in [5.41, 5.74) is -2.76. The number of carbonyl (C=O) groups excluding carboxylic acids is 2. The third kappa shape index (κ3) is 2.48. The Hall–Kier alpha value is -1.64. The van der Waals surface area contributed by atoms with Crippen molar-refractivity contribution in [3.05, 3.63) is 21.8 Å². The topological polar surface area (TPSA) is 138 Å². The average molecular weight is 407 g/mol. The minimum Gasteiger partial charge on any atom is -0.393 e. The molecule has 0 bridgehead atoms. The van der Waals surface area contributed by atoms with Crippen molar-refractivity contribution in [2.45, 2.75) is 70.1 Å². The van der Waals surface area contributed by atoms with E-state index in [1.807, 2.05) is 6.92 Å². The molecule has 3 saturated carbocycles. The van der Waals surface area contributed by atoms with Crippen LogP contribution >= 0.6 is 0 Å². The maximum Gasteiger partial charge on any atom is 0.229 e. The lowest BCUT2D eigenvalue weighted by Gasteiger charge is -2.60. The van der Waals surface area contributed by atoms with Crippen molar-refractivity contribution < 1.29 is 29.8 Å². The fourth-order valence-electron chi connectivity index (χ4n) is 7.61. The Kier molecular flexibility index (Phi) is 4.57. The molecule has 0 amide bonds. The number of Topliss-reactive ketones (excluding diaryl/α,β-unsaturated/α-hetero) is 1. The molecule has 3 N–H and O–H groups in total. The van der Waals surface area contributed by atoms with Crippen LogP contribution < -0.4 is 0 Å². The number of fused-ring (bicyclic) bond motifs is 5. The Bertz CT molecular complexity index is 809. The van der Waals surface area contributed by atoms with E-state index in [4.69, 9.17) is 0 Å². The molecule has 160 valence electrons. The van der Waals surface area contributed by atoms with Crippen LogP contribution in [0.15, 0.2) is 11.6 Å². The molecule has 0 saturated heterocycles. The van der Waals surface area contributed by atoms with Crippen molar-refractivity contribution in [3.63, 3.8) is 0 Å². The molecule has 0 radical (unpaired) electrons. The molecule has 4 rings (SSSR count). The Morgan fingerprint density at radius 3 is 2.66 bits per heavy atom. The molecule has 8 atom stereocenters. The van der Waals surface area contributed by atoms with Crippen molar-refractivity contribution >= 4 is 11.6 Å². The number of ketones is 2. The van der Waals surface area contributed by atoms with E-state index in [0.717, 1.165) is 5.57 Å². The van der Waals surface area contributed by atoms with E-state index in [9.17, 15) is 35.0 Å². The summed E-state index contributed by atoms with van der Waals surface area (Å²) >= 11 is 0. The zero-order valence-corrected chi connectivity index (χ0v) is 16.8. The first-order valence-electron chi connectivity index (χ1n) is 10.4. The van der Waals surface area contributed by atoms with Gasteiger partial charge >= 0.3 is 0 Å². The fourth-order valence-corrected chi connectivity index (χ4v) is 7.61. The van der Waals surface area contributed by atoms with E-state index in [-0.39, 0.29) is 41.8 Å². The Morgan fingerprint density at radius 2 is 2.03 bits per heavy atom. The van der Waals surface area contributed by atoms with Gasteiger partial charge in [-0.2, -0.15) is 0 Å². The van der Waals surface area contributed by atoms with Gasteiger partial charge in [0, 0.05) is 16.3 Å². The Labute approximate surface area is 169 Å². The lowest BCUT2D eigenvalue weighted by molar-refractivity contribution is -0.543. The van der Waals surface area contributed by atoms with Crippen LogP contribution in [0.3, 0.4) is 0 Å². The van der Waals surface area contributed by atoms with Gasteiger partial charge in [0.2, 0.25) is 6.04 Å². The van der Waals surface area contributed by atoms with Crippen LogP contribution in [0, 0.1) is 38.7 Å². The molecule has 29 heavy (non-hydrogen) atoms. The highest BCUT2D eigenvalue weighted by Gasteiger charge is 2.70. The van der Waals surface area contributed by atoms with E-state index in [1.54, 1.807) is 6.92 Å². The Morgan fingerprint density at radius 1 is 1.34 bits per heavy atom. The van der Waals surface area contributed by atoms with Crippen LogP contribution in [0.4, 0.5) is 0 Å². The van der Waals surface area contributed by atoms with E-state index in [0.29, 0.717) is 19.3 Å². The zero-order valence-electron chi connectivity index (χ0n) is 16.8. The van der Waals surface area contributed by atoms with E-state index < -0.39 is 46.9 Å². The first-order valence-corrected chi connectivity index (χ1v) is 10.4. The predicted octanol–water partition coefficient (Wildman–Crippen LogP) is 1.04.